The van der Waals surface area contributed by atoms with Crippen LogP contribution in [0.25, 0.3) is 0 Å². The Morgan fingerprint density at radius 1 is 0.857 bits per heavy atom. The molecule has 4 rings (SSSR count). The first-order valence-corrected chi connectivity index (χ1v) is 9.45. The standard InChI is InChI=1S/C19H34N2/c1-18-8-3-4-14(18)13-6-5-12-10-16(20)17(21)11-19(12,2)15(13)7-9-18/h12-17H,3-11,20-21H2,1-2H3/t12-,13+,14-,15-,16+,17+,18-,19-/m0/s1. The Bertz CT molecular complexity index is 422. The summed E-state index contributed by atoms with van der Waals surface area (Å²) in [7, 11) is 0. The van der Waals surface area contributed by atoms with Gasteiger partial charge in [-0.25, -0.2) is 0 Å². The Kier molecular flexibility index (Phi) is 3.25. The summed E-state index contributed by atoms with van der Waals surface area (Å²) in [5.74, 6) is 3.79. The molecule has 0 aliphatic heterocycles. The third kappa shape index (κ3) is 1.97. The lowest BCUT2D eigenvalue weighted by molar-refractivity contribution is -0.109. The molecule has 4 fully saturated rings. The molecule has 0 saturated heterocycles. The molecule has 4 aliphatic carbocycles. The van der Waals surface area contributed by atoms with Gasteiger partial charge in [0, 0.05) is 12.1 Å². The quantitative estimate of drug-likeness (QED) is 0.715. The van der Waals surface area contributed by atoms with E-state index in [9.17, 15) is 0 Å². The Morgan fingerprint density at radius 2 is 1.67 bits per heavy atom. The van der Waals surface area contributed by atoms with Gasteiger partial charge in [-0.3, -0.25) is 0 Å². The maximum Gasteiger partial charge on any atom is 0.0197 e. The van der Waals surface area contributed by atoms with E-state index < -0.39 is 0 Å². The maximum absolute atomic E-state index is 6.40. The van der Waals surface area contributed by atoms with Gasteiger partial charge in [-0.1, -0.05) is 20.3 Å². The molecule has 0 aromatic rings. The van der Waals surface area contributed by atoms with Gasteiger partial charge in [-0.05, 0) is 85.9 Å². The van der Waals surface area contributed by atoms with Crippen molar-refractivity contribution in [1.82, 2.24) is 0 Å². The third-order valence-corrected chi connectivity index (χ3v) is 8.63. The van der Waals surface area contributed by atoms with Crippen LogP contribution in [0.5, 0.6) is 0 Å². The predicted octanol–water partition coefficient (Wildman–Crippen LogP) is 3.68. The van der Waals surface area contributed by atoms with E-state index in [0.29, 0.717) is 10.8 Å². The molecule has 21 heavy (non-hydrogen) atoms. The van der Waals surface area contributed by atoms with Crippen LogP contribution in [0.3, 0.4) is 0 Å². The highest BCUT2D eigenvalue weighted by Crippen LogP contribution is 2.65. The fraction of sp³-hybridized carbons (Fsp3) is 1.00. The summed E-state index contributed by atoms with van der Waals surface area (Å²) in [5, 5.41) is 0. The SMILES string of the molecule is C[C@@]12CCC[C@H]1[C@H]1CC[C@H]3C[C@@H](N)[C@H](N)C[C@]3(C)[C@H]1CC2. The molecule has 2 nitrogen and oxygen atoms in total. The van der Waals surface area contributed by atoms with E-state index in [-0.39, 0.29) is 12.1 Å². The second-order valence-corrected chi connectivity index (χ2v) is 9.51. The van der Waals surface area contributed by atoms with E-state index in [4.69, 9.17) is 11.5 Å². The second-order valence-electron chi connectivity index (χ2n) is 9.51. The molecule has 8 atom stereocenters. The molecule has 0 aromatic heterocycles. The molecular weight excluding hydrogens is 256 g/mol. The highest BCUT2D eigenvalue weighted by Gasteiger charge is 2.58. The lowest BCUT2D eigenvalue weighted by atomic mass is 9.44. The van der Waals surface area contributed by atoms with Gasteiger partial charge in [-0.2, -0.15) is 0 Å². The largest absolute Gasteiger partial charge is 0.326 e. The lowest BCUT2D eigenvalue weighted by Crippen LogP contribution is -2.59. The van der Waals surface area contributed by atoms with Gasteiger partial charge in [0.15, 0.2) is 0 Å². The summed E-state index contributed by atoms with van der Waals surface area (Å²) in [6, 6.07) is 0.488. The zero-order valence-corrected chi connectivity index (χ0v) is 14.0. The normalized spacial score (nSPS) is 60.0. The Labute approximate surface area is 130 Å². The number of hydrogen-bond donors (Lipinski definition) is 2. The minimum absolute atomic E-state index is 0.238. The van der Waals surface area contributed by atoms with Gasteiger partial charge in [0.2, 0.25) is 0 Å². The van der Waals surface area contributed by atoms with Crippen LogP contribution in [-0.2, 0) is 0 Å². The molecule has 4 aliphatic rings. The average Bonchev–Trinajstić information content (AvgIpc) is 2.82. The van der Waals surface area contributed by atoms with Gasteiger partial charge in [-0.15, -0.1) is 0 Å². The Morgan fingerprint density at radius 3 is 2.48 bits per heavy atom. The van der Waals surface area contributed by atoms with Gasteiger partial charge < -0.3 is 11.5 Å². The monoisotopic (exact) mass is 290 g/mol. The minimum atomic E-state index is 0.238. The number of rotatable bonds is 0. The van der Waals surface area contributed by atoms with Crippen molar-refractivity contribution in [3.63, 3.8) is 0 Å². The van der Waals surface area contributed by atoms with Gasteiger partial charge >= 0.3 is 0 Å². The first kappa shape index (κ1) is 14.5. The van der Waals surface area contributed by atoms with Crippen LogP contribution in [0, 0.1) is 34.5 Å². The van der Waals surface area contributed by atoms with Crippen LogP contribution in [0.15, 0.2) is 0 Å². The number of fused-ring (bicyclic) bond motifs is 5. The fourth-order valence-electron chi connectivity index (χ4n) is 7.40. The van der Waals surface area contributed by atoms with Crippen LogP contribution >= 0.6 is 0 Å². The molecule has 2 heteroatoms. The molecular formula is C19H34N2. The Hall–Kier alpha value is -0.0800. The van der Waals surface area contributed by atoms with E-state index >= 15 is 0 Å². The van der Waals surface area contributed by atoms with Crippen LogP contribution < -0.4 is 11.5 Å². The summed E-state index contributed by atoms with van der Waals surface area (Å²) in [5.41, 5.74) is 13.9. The van der Waals surface area contributed by atoms with Crippen molar-refractivity contribution in [2.24, 2.45) is 46.0 Å². The molecule has 0 radical (unpaired) electrons. The zero-order chi connectivity index (χ0) is 14.8. The summed E-state index contributed by atoms with van der Waals surface area (Å²) >= 11 is 0. The highest BCUT2D eigenvalue weighted by atomic mass is 14.8. The summed E-state index contributed by atoms with van der Waals surface area (Å²) in [4.78, 5) is 0. The molecule has 4 saturated carbocycles. The smallest absolute Gasteiger partial charge is 0.0197 e. The summed E-state index contributed by atoms with van der Waals surface area (Å²) in [6.45, 7) is 5.18. The molecule has 0 heterocycles. The first-order chi connectivity index (χ1) is 9.94. The van der Waals surface area contributed by atoms with Crippen molar-refractivity contribution in [2.75, 3.05) is 0 Å². The van der Waals surface area contributed by atoms with E-state index in [1.807, 2.05) is 0 Å². The molecule has 120 valence electrons. The molecule has 0 amide bonds. The van der Waals surface area contributed by atoms with Crippen molar-refractivity contribution in [1.29, 1.82) is 0 Å². The Balaban J connectivity index is 1.63. The molecule has 4 N–H and O–H groups in total. The van der Waals surface area contributed by atoms with E-state index in [1.54, 1.807) is 0 Å². The van der Waals surface area contributed by atoms with Crippen LogP contribution in [0.4, 0.5) is 0 Å². The van der Waals surface area contributed by atoms with Crippen LogP contribution in [0.2, 0.25) is 0 Å². The van der Waals surface area contributed by atoms with E-state index in [1.165, 1.54) is 57.8 Å². The molecule has 0 spiro atoms. The van der Waals surface area contributed by atoms with Crippen molar-refractivity contribution in [3.8, 4) is 0 Å². The van der Waals surface area contributed by atoms with Crippen molar-refractivity contribution in [3.05, 3.63) is 0 Å². The fourth-order valence-corrected chi connectivity index (χ4v) is 7.40. The van der Waals surface area contributed by atoms with Crippen molar-refractivity contribution in [2.45, 2.75) is 83.7 Å². The highest BCUT2D eigenvalue weighted by molar-refractivity contribution is 5.09. The first-order valence-electron chi connectivity index (χ1n) is 9.45. The van der Waals surface area contributed by atoms with Gasteiger partial charge in [0.25, 0.3) is 0 Å². The van der Waals surface area contributed by atoms with Crippen LogP contribution in [0.1, 0.15) is 71.6 Å². The van der Waals surface area contributed by atoms with Crippen LogP contribution in [-0.4, -0.2) is 12.1 Å². The number of nitrogens with two attached hydrogens (primary N) is 2. The summed E-state index contributed by atoms with van der Waals surface area (Å²) in [6.07, 6.45) is 12.7. The van der Waals surface area contributed by atoms with Crippen molar-refractivity contribution >= 4 is 0 Å². The third-order valence-electron chi connectivity index (χ3n) is 8.63. The topological polar surface area (TPSA) is 52.0 Å². The molecule has 0 aromatic carbocycles. The zero-order valence-electron chi connectivity index (χ0n) is 14.0. The average molecular weight is 290 g/mol. The van der Waals surface area contributed by atoms with Crippen molar-refractivity contribution < 1.29 is 0 Å². The van der Waals surface area contributed by atoms with E-state index in [2.05, 4.69) is 13.8 Å². The predicted molar refractivity (Wildman–Crippen MR) is 87.7 cm³/mol. The number of hydrogen-bond acceptors (Lipinski definition) is 2. The lowest BCUT2D eigenvalue weighted by Gasteiger charge is -2.61. The van der Waals surface area contributed by atoms with Gasteiger partial charge in [0.05, 0.1) is 0 Å². The molecule has 0 bridgehead atoms. The van der Waals surface area contributed by atoms with E-state index in [0.717, 1.165) is 23.7 Å². The minimum Gasteiger partial charge on any atom is -0.326 e. The molecule has 0 unspecified atom stereocenters. The second kappa shape index (κ2) is 4.71. The van der Waals surface area contributed by atoms with Gasteiger partial charge in [0.1, 0.15) is 0 Å². The summed E-state index contributed by atoms with van der Waals surface area (Å²) < 4.78 is 0. The maximum atomic E-state index is 6.40.